The molecule has 3 aromatic rings. The van der Waals surface area contributed by atoms with E-state index in [-0.39, 0.29) is 5.91 Å². The lowest BCUT2D eigenvalue weighted by atomic mass is 10.00. The largest absolute Gasteiger partial charge is 0.362 e. The molecule has 2 aliphatic rings. The van der Waals surface area contributed by atoms with Gasteiger partial charge in [0.25, 0.3) is 5.91 Å². The Morgan fingerprint density at radius 3 is 2.44 bits per heavy atom. The van der Waals surface area contributed by atoms with Crippen molar-refractivity contribution in [3.63, 3.8) is 0 Å². The van der Waals surface area contributed by atoms with Crippen molar-refractivity contribution in [3.8, 4) is 0 Å². The van der Waals surface area contributed by atoms with Crippen molar-refractivity contribution in [1.29, 1.82) is 0 Å². The lowest BCUT2D eigenvalue weighted by Gasteiger charge is -2.34. The third-order valence-electron chi connectivity index (χ3n) is 6.53. The van der Waals surface area contributed by atoms with Crippen LogP contribution in [0.4, 0.5) is 11.8 Å². The van der Waals surface area contributed by atoms with Gasteiger partial charge in [-0.1, -0.05) is 42.5 Å². The zero-order valence-electron chi connectivity index (χ0n) is 19.0. The van der Waals surface area contributed by atoms with Gasteiger partial charge in [0.2, 0.25) is 5.95 Å². The Morgan fingerprint density at radius 1 is 0.906 bits per heavy atom. The monoisotopic (exact) mass is 427 g/mol. The van der Waals surface area contributed by atoms with Gasteiger partial charge in [0, 0.05) is 51.3 Å². The van der Waals surface area contributed by atoms with Crippen LogP contribution < -0.4 is 9.80 Å². The molecular formula is C26H29N5O. The summed E-state index contributed by atoms with van der Waals surface area (Å²) in [4.78, 5) is 29.4. The Bertz CT molecular complexity index is 1170. The first-order valence-corrected chi connectivity index (χ1v) is 11.2. The zero-order valence-corrected chi connectivity index (χ0v) is 19.0. The third-order valence-corrected chi connectivity index (χ3v) is 6.53. The van der Waals surface area contributed by atoms with Gasteiger partial charge >= 0.3 is 0 Å². The van der Waals surface area contributed by atoms with E-state index in [9.17, 15) is 4.79 Å². The van der Waals surface area contributed by atoms with Gasteiger partial charge in [-0.15, -0.1) is 0 Å². The van der Waals surface area contributed by atoms with Crippen molar-refractivity contribution in [2.75, 3.05) is 37.0 Å². The highest BCUT2D eigenvalue weighted by molar-refractivity contribution is 5.95. The second-order valence-electron chi connectivity index (χ2n) is 8.90. The van der Waals surface area contributed by atoms with Crippen molar-refractivity contribution < 1.29 is 4.79 Å². The third kappa shape index (κ3) is 3.70. The minimum absolute atomic E-state index is 0.0789. The van der Waals surface area contributed by atoms with Crippen LogP contribution in [0.25, 0.3) is 0 Å². The molecule has 0 unspecified atom stereocenters. The normalized spacial score (nSPS) is 15.2. The molecule has 164 valence electrons. The molecule has 5 rings (SSSR count). The number of amides is 1. The Labute approximate surface area is 189 Å². The Morgan fingerprint density at radius 2 is 1.66 bits per heavy atom. The van der Waals surface area contributed by atoms with Gasteiger partial charge in [-0.2, -0.15) is 4.98 Å². The average molecular weight is 428 g/mol. The molecule has 0 fully saturated rings. The maximum Gasteiger partial charge on any atom is 0.254 e. The highest BCUT2D eigenvalue weighted by atomic mass is 16.2. The maximum absolute atomic E-state index is 13.2. The fourth-order valence-corrected chi connectivity index (χ4v) is 4.72. The molecular weight excluding hydrogens is 398 g/mol. The zero-order chi connectivity index (χ0) is 22.2. The number of anilines is 2. The summed E-state index contributed by atoms with van der Waals surface area (Å²) < 4.78 is 0. The predicted octanol–water partition coefficient (Wildman–Crippen LogP) is 3.61. The van der Waals surface area contributed by atoms with Crippen LogP contribution in [-0.2, 0) is 25.9 Å². The SMILES string of the molecule is Cc1ccccc1C(=O)N1CCc2nc(N3CCc4ccccc4C3)nc(N(C)C)c2C1. The molecule has 32 heavy (non-hydrogen) atoms. The van der Waals surface area contributed by atoms with E-state index >= 15 is 0 Å². The fraction of sp³-hybridized carbons (Fsp3) is 0.346. The van der Waals surface area contributed by atoms with Gasteiger partial charge in [-0.3, -0.25) is 4.79 Å². The van der Waals surface area contributed by atoms with Gasteiger partial charge in [0.15, 0.2) is 0 Å². The van der Waals surface area contributed by atoms with E-state index < -0.39 is 0 Å². The summed E-state index contributed by atoms with van der Waals surface area (Å²) in [5, 5.41) is 0. The number of aryl methyl sites for hydroxylation is 1. The molecule has 2 aromatic carbocycles. The molecule has 0 saturated heterocycles. The van der Waals surface area contributed by atoms with Gasteiger partial charge in [-0.05, 0) is 36.1 Å². The topological polar surface area (TPSA) is 52.6 Å². The molecule has 3 heterocycles. The quantitative estimate of drug-likeness (QED) is 0.639. The van der Waals surface area contributed by atoms with Crippen molar-refractivity contribution in [2.24, 2.45) is 0 Å². The first-order valence-electron chi connectivity index (χ1n) is 11.2. The highest BCUT2D eigenvalue weighted by Gasteiger charge is 2.29. The number of fused-ring (bicyclic) bond motifs is 2. The summed E-state index contributed by atoms with van der Waals surface area (Å²) >= 11 is 0. The molecule has 1 aromatic heterocycles. The number of aromatic nitrogens is 2. The Kier molecular flexibility index (Phi) is 5.29. The standard InChI is InChI=1S/C26H29N5O/c1-18-8-4-7-11-21(18)25(32)30-15-13-23-22(17-30)24(29(2)3)28-26(27-23)31-14-12-19-9-5-6-10-20(19)16-31/h4-11H,12-17H2,1-3H3. The summed E-state index contributed by atoms with van der Waals surface area (Å²) in [5.74, 6) is 1.78. The maximum atomic E-state index is 13.2. The fourth-order valence-electron chi connectivity index (χ4n) is 4.72. The number of rotatable bonds is 3. The summed E-state index contributed by atoms with van der Waals surface area (Å²) in [6, 6.07) is 16.4. The number of hydrogen-bond donors (Lipinski definition) is 0. The van der Waals surface area contributed by atoms with Crippen LogP contribution in [0.3, 0.4) is 0 Å². The second-order valence-corrected chi connectivity index (χ2v) is 8.90. The van der Waals surface area contributed by atoms with Gasteiger partial charge < -0.3 is 14.7 Å². The number of benzene rings is 2. The summed E-state index contributed by atoms with van der Waals surface area (Å²) in [6.07, 6.45) is 1.75. The molecule has 0 spiro atoms. The van der Waals surface area contributed by atoms with Gasteiger partial charge in [0.05, 0.1) is 12.2 Å². The predicted molar refractivity (Wildman–Crippen MR) is 127 cm³/mol. The molecule has 0 bridgehead atoms. The smallest absolute Gasteiger partial charge is 0.254 e. The highest BCUT2D eigenvalue weighted by Crippen LogP contribution is 2.30. The van der Waals surface area contributed by atoms with Crippen LogP contribution in [0.15, 0.2) is 48.5 Å². The van der Waals surface area contributed by atoms with Crippen LogP contribution >= 0.6 is 0 Å². The molecule has 1 amide bonds. The molecule has 0 saturated carbocycles. The van der Waals surface area contributed by atoms with E-state index in [4.69, 9.17) is 9.97 Å². The summed E-state index contributed by atoms with van der Waals surface area (Å²) in [5.41, 5.74) is 6.66. The molecule has 6 heteroatoms. The molecule has 0 atom stereocenters. The summed E-state index contributed by atoms with van der Waals surface area (Å²) in [6.45, 7) is 4.95. The Balaban J connectivity index is 1.45. The van der Waals surface area contributed by atoms with E-state index in [0.29, 0.717) is 13.1 Å². The molecule has 0 aliphatic carbocycles. The van der Waals surface area contributed by atoms with Gasteiger partial charge in [-0.25, -0.2) is 4.98 Å². The van der Waals surface area contributed by atoms with Gasteiger partial charge in [0.1, 0.15) is 5.82 Å². The average Bonchev–Trinajstić information content (AvgIpc) is 2.82. The molecule has 0 radical (unpaired) electrons. The van der Waals surface area contributed by atoms with Crippen molar-refractivity contribution >= 4 is 17.7 Å². The van der Waals surface area contributed by atoms with E-state index in [1.165, 1.54) is 11.1 Å². The molecule has 6 nitrogen and oxygen atoms in total. The van der Waals surface area contributed by atoms with Crippen LogP contribution in [0.1, 0.15) is 38.3 Å². The van der Waals surface area contributed by atoms with Crippen LogP contribution in [0.2, 0.25) is 0 Å². The second kappa shape index (κ2) is 8.26. The van der Waals surface area contributed by atoms with Crippen molar-refractivity contribution in [1.82, 2.24) is 14.9 Å². The molecule has 2 aliphatic heterocycles. The van der Waals surface area contributed by atoms with E-state index in [2.05, 4.69) is 29.2 Å². The Hall–Kier alpha value is -3.41. The van der Waals surface area contributed by atoms with Crippen LogP contribution in [0, 0.1) is 6.92 Å². The molecule has 0 N–H and O–H groups in total. The van der Waals surface area contributed by atoms with E-state index in [1.54, 1.807) is 0 Å². The van der Waals surface area contributed by atoms with Crippen LogP contribution in [-0.4, -0.2) is 48.0 Å². The van der Waals surface area contributed by atoms with E-state index in [0.717, 1.165) is 60.1 Å². The first kappa shape index (κ1) is 20.5. The summed E-state index contributed by atoms with van der Waals surface area (Å²) in [7, 11) is 4.03. The lowest BCUT2D eigenvalue weighted by molar-refractivity contribution is 0.0733. The lowest BCUT2D eigenvalue weighted by Crippen LogP contribution is -2.39. The number of hydrogen-bond acceptors (Lipinski definition) is 5. The minimum Gasteiger partial charge on any atom is -0.362 e. The number of carbonyl (C=O) groups excluding carboxylic acids is 1. The number of carbonyl (C=O) groups is 1. The first-order chi connectivity index (χ1) is 15.5. The van der Waals surface area contributed by atoms with Crippen molar-refractivity contribution in [2.45, 2.75) is 32.9 Å². The van der Waals surface area contributed by atoms with Crippen molar-refractivity contribution in [3.05, 3.63) is 82.0 Å². The minimum atomic E-state index is 0.0789. The van der Waals surface area contributed by atoms with E-state index in [1.807, 2.05) is 55.1 Å². The number of nitrogens with zero attached hydrogens (tertiary/aromatic N) is 5. The van der Waals surface area contributed by atoms with Crippen LogP contribution in [0.5, 0.6) is 0 Å².